The van der Waals surface area contributed by atoms with E-state index in [0.717, 1.165) is 18.5 Å². The molecule has 0 aliphatic heterocycles. The summed E-state index contributed by atoms with van der Waals surface area (Å²) in [7, 11) is 1.77. The Morgan fingerprint density at radius 1 is 1.17 bits per heavy atom. The van der Waals surface area contributed by atoms with Crippen molar-refractivity contribution < 1.29 is 9.59 Å². The van der Waals surface area contributed by atoms with E-state index < -0.39 is 0 Å². The van der Waals surface area contributed by atoms with Crippen molar-refractivity contribution in [3.63, 3.8) is 0 Å². The van der Waals surface area contributed by atoms with Gasteiger partial charge in [0.15, 0.2) is 5.78 Å². The van der Waals surface area contributed by atoms with Crippen LogP contribution in [0.2, 0.25) is 0 Å². The number of Topliss-reactive ketones (excluding diaryl/α,β-unsaturated/α-hetero) is 1. The van der Waals surface area contributed by atoms with Gasteiger partial charge in [-0.3, -0.25) is 9.59 Å². The number of amides is 1. The average molecular weight is 326 g/mol. The van der Waals surface area contributed by atoms with Gasteiger partial charge in [0.25, 0.3) is 5.91 Å². The van der Waals surface area contributed by atoms with Crippen LogP contribution in [0.5, 0.6) is 0 Å². The van der Waals surface area contributed by atoms with E-state index in [1.54, 1.807) is 42.3 Å². The number of carbonyl (C=O) groups is 2. The zero-order valence-electron chi connectivity index (χ0n) is 14.2. The van der Waals surface area contributed by atoms with E-state index in [9.17, 15) is 9.59 Å². The zero-order valence-corrected chi connectivity index (χ0v) is 14.2. The van der Waals surface area contributed by atoms with E-state index in [1.807, 2.05) is 0 Å². The average Bonchev–Trinajstić information content (AvgIpc) is 2.59. The van der Waals surface area contributed by atoms with Gasteiger partial charge in [0, 0.05) is 30.9 Å². The van der Waals surface area contributed by atoms with Gasteiger partial charge >= 0.3 is 0 Å². The van der Waals surface area contributed by atoms with Gasteiger partial charge in [-0.1, -0.05) is 13.3 Å². The van der Waals surface area contributed by atoms with Crippen molar-refractivity contribution in [3.8, 4) is 0 Å². The van der Waals surface area contributed by atoms with Crippen LogP contribution in [-0.4, -0.2) is 40.2 Å². The highest BCUT2D eigenvalue weighted by molar-refractivity contribution is 5.94. The molecule has 1 aromatic heterocycles. The second-order valence-corrected chi connectivity index (χ2v) is 5.63. The Hall–Kier alpha value is -2.76. The molecule has 2 rings (SSSR count). The highest BCUT2D eigenvalue weighted by Gasteiger charge is 2.13. The van der Waals surface area contributed by atoms with Gasteiger partial charge in [-0.2, -0.15) is 0 Å². The predicted octanol–water partition coefficient (Wildman–Crippen LogP) is 3.29. The summed E-state index contributed by atoms with van der Waals surface area (Å²) in [5, 5.41) is 3.11. The molecular weight excluding hydrogens is 304 g/mol. The minimum Gasteiger partial charge on any atom is -0.340 e. The van der Waals surface area contributed by atoms with Gasteiger partial charge in [0.2, 0.25) is 0 Å². The van der Waals surface area contributed by atoms with Crippen molar-refractivity contribution in [2.24, 2.45) is 0 Å². The maximum absolute atomic E-state index is 12.3. The number of nitrogens with zero attached hydrogens (tertiary/aromatic N) is 3. The molecular formula is C18H22N4O2. The Morgan fingerprint density at radius 2 is 1.88 bits per heavy atom. The zero-order chi connectivity index (χ0) is 17.5. The third kappa shape index (κ3) is 4.62. The van der Waals surface area contributed by atoms with Crippen LogP contribution in [0.3, 0.4) is 0 Å². The maximum atomic E-state index is 12.3. The molecule has 0 atom stereocenters. The van der Waals surface area contributed by atoms with E-state index in [1.165, 1.54) is 13.3 Å². The molecule has 0 saturated heterocycles. The monoisotopic (exact) mass is 326 g/mol. The molecule has 0 radical (unpaired) electrons. The van der Waals surface area contributed by atoms with Crippen LogP contribution in [0.4, 0.5) is 11.5 Å². The number of anilines is 2. The first-order chi connectivity index (χ1) is 11.5. The molecule has 6 nitrogen and oxygen atoms in total. The quantitative estimate of drug-likeness (QED) is 0.790. The molecule has 126 valence electrons. The molecule has 24 heavy (non-hydrogen) atoms. The van der Waals surface area contributed by atoms with Gasteiger partial charge < -0.3 is 10.2 Å². The van der Waals surface area contributed by atoms with Crippen molar-refractivity contribution in [1.29, 1.82) is 0 Å². The van der Waals surface area contributed by atoms with Crippen LogP contribution in [-0.2, 0) is 0 Å². The third-order valence-electron chi connectivity index (χ3n) is 3.64. The first-order valence-corrected chi connectivity index (χ1v) is 7.96. The number of benzene rings is 1. The van der Waals surface area contributed by atoms with E-state index in [0.29, 0.717) is 23.6 Å². The van der Waals surface area contributed by atoms with E-state index >= 15 is 0 Å². The minimum atomic E-state index is -0.124. The number of hydrogen-bond donors (Lipinski definition) is 1. The van der Waals surface area contributed by atoms with Gasteiger partial charge in [-0.25, -0.2) is 9.97 Å². The van der Waals surface area contributed by atoms with Gasteiger partial charge in [0.05, 0.1) is 0 Å². The second-order valence-electron chi connectivity index (χ2n) is 5.63. The van der Waals surface area contributed by atoms with Crippen LogP contribution in [0.15, 0.2) is 36.7 Å². The molecule has 0 spiro atoms. The standard InChI is InChI=1S/C18H22N4O2/c1-4-5-10-22(3)18(24)16-11-17(20-12-19-16)21-15-8-6-14(7-9-15)13(2)23/h6-9,11-12H,4-5,10H2,1-3H3,(H,19,20,21). The summed E-state index contributed by atoms with van der Waals surface area (Å²) in [5.41, 5.74) is 1.79. The van der Waals surface area contributed by atoms with Crippen molar-refractivity contribution >= 4 is 23.2 Å². The molecule has 1 heterocycles. The number of hydrogen-bond acceptors (Lipinski definition) is 5. The SMILES string of the molecule is CCCCN(C)C(=O)c1cc(Nc2ccc(C(C)=O)cc2)ncn1. The Kier molecular flexibility index (Phi) is 6.01. The fourth-order valence-corrected chi connectivity index (χ4v) is 2.17. The number of rotatable bonds is 7. The summed E-state index contributed by atoms with van der Waals surface area (Å²) < 4.78 is 0. The molecule has 1 aromatic carbocycles. The number of carbonyl (C=O) groups excluding carboxylic acids is 2. The highest BCUT2D eigenvalue weighted by atomic mass is 16.2. The molecule has 0 saturated carbocycles. The van der Waals surface area contributed by atoms with Crippen LogP contribution < -0.4 is 5.32 Å². The van der Waals surface area contributed by atoms with Crippen molar-refractivity contribution in [2.75, 3.05) is 18.9 Å². The third-order valence-corrected chi connectivity index (χ3v) is 3.64. The maximum Gasteiger partial charge on any atom is 0.272 e. The lowest BCUT2D eigenvalue weighted by Gasteiger charge is -2.16. The first kappa shape index (κ1) is 17.6. The largest absolute Gasteiger partial charge is 0.340 e. The molecule has 1 amide bonds. The summed E-state index contributed by atoms with van der Waals surface area (Å²) in [5.74, 6) is 0.431. The number of ketones is 1. The Morgan fingerprint density at radius 3 is 2.50 bits per heavy atom. The van der Waals surface area contributed by atoms with Crippen molar-refractivity contribution in [3.05, 3.63) is 47.9 Å². The Labute approximate surface area is 141 Å². The van der Waals surface area contributed by atoms with Gasteiger partial charge in [-0.05, 0) is 37.6 Å². The lowest BCUT2D eigenvalue weighted by atomic mass is 10.1. The van der Waals surface area contributed by atoms with Crippen LogP contribution >= 0.6 is 0 Å². The summed E-state index contributed by atoms with van der Waals surface area (Å²) in [6, 6.07) is 8.72. The number of nitrogens with one attached hydrogen (secondary N) is 1. The Balaban J connectivity index is 2.09. The van der Waals surface area contributed by atoms with Crippen LogP contribution in [0.1, 0.15) is 47.5 Å². The molecule has 6 heteroatoms. The molecule has 0 unspecified atom stereocenters. The summed E-state index contributed by atoms with van der Waals surface area (Å²) in [6.07, 6.45) is 3.36. The van der Waals surface area contributed by atoms with E-state index in [4.69, 9.17) is 0 Å². The highest BCUT2D eigenvalue weighted by Crippen LogP contribution is 2.16. The van der Waals surface area contributed by atoms with E-state index in [2.05, 4.69) is 22.2 Å². The fourth-order valence-electron chi connectivity index (χ4n) is 2.17. The van der Waals surface area contributed by atoms with Crippen molar-refractivity contribution in [1.82, 2.24) is 14.9 Å². The second kappa shape index (κ2) is 8.19. The normalized spacial score (nSPS) is 10.3. The molecule has 0 bridgehead atoms. The lowest BCUT2D eigenvalue weighted by molar-refractivity contribution is 0.0787. The van der Waals surface area contributed by atoms with Gasteiger partial charge in [0.1, 0.15) is 17.8 Å². The number of unbranched alkanes of at least 4 members (excludes halogenated alkanes) is 1. The molecule has 2 aromatic rings. The molecule has 1 N–H and O–H groups in total. The summed E-state index contributed by atoms with van der Waals surface area (Å²) >= 11 is 0. The summed E-state index contributed by atoms with van der Waals surface area (Å²) in [6.45, 7) is 4.32. The van der Waals surface area contributed by atoms with E-state index in [-0.39, 0.29) is 11.7 Å². The molecule has 0 aliphatic carbocycles. The van der Waals surface area contributed by atoms with Crippen LogP contribution in [0, 0.1) is 0 Å². The molecule has 0 aliphatic rings. The Bertz CT molecular complexity index is 713. The first-order valence-electron chi connectivity index (χ1n) is 7.96. The summed E-state index contributed by atoms with van der Waals surface area (Å²) in [4.78, 5) is 33.5. The minimum absolute atomic E-state index is 0.0200. The number of aromatic nitrogens is 2. The smallest absolute Gasteiger partial charge is 0.272 e. The topological polar surface area (TPSA) is 75.2 Å². The molecule has 0 fully saturated rings. The van der Waals surface area contributed by atoms with Crippen LogP contribution in [0.25, 0.3) is 0 Å². The predicted molar refractivity (Wildman–Crippen MR) is 93.6 cm³/mol. The fraction of sp³-hybridized carbons (Fsp3) is 0.333. The van der Waals surface area contributed by atoms with Crippen molar-refractivity contribution in [2.45, 2.75) is 26.7 Å². The lowest BCUT2D eigenvalue weighted by Crippen LogP contribution is -2.28. The van der Waals surface area contributed by atoms with Gasteiger partial charge in [-0.15, -0.1) is 0 Å².